The standard InChI is InChI=1S/C21H28FN3O2S2/c1-12(2)14-7-8-15(22)17(13(3)4)18(14)24-19(26)25-29-20-23-11-16(28-20)21(27)9-5-6-10-21/h7-8,11-13,27H,5-6,9-10H2,1-4H3,(H2,24,25,26). The van der Waals surface area contributed by atoms with Gasteiger partial charge in [0.25, 0.3) is 0 Å². The summed E-state index contributed by atoms with van der Waals surface area (Å²) in [5.41, 5.74) is 1.17. The number of thiazole rings is 1. The summed E-state index contributed by atoms with van der Waals surface area (Å²) >= 11 is 2.49. The molecule has 1 aromatic heterocycles. The van der Waals surface area contributed by atoms with E-state index in [-0.39, 0.29) is 17.7 Å². The van der Waals surface area contributed by atoms with E-state index >= 15 is 0 Å². The van der Waals surface area contributed by atoms with E-state index in [0.29, 0.717) is 15.6 Å². The van der Waals surface area contributed by atoms with Gasteiger partial charge in [0.15, 0.2) is 4.34 Å². The van der Waals surface area contributed by atoms with Crippen molar-refractivity contribution in [1.82, 2.24) is 9.71 Å². The highest BCUT2D eigenvalue weighted by Crippen LogP contribution is 2.42. The number of halogens is 1. The first-order valence-corrected chi connectivity index (χ1v) is 11.6. The number of benzene rings is 1. The lowest BCUT2D eigenvalue weighted by atomic mass is 9.92. The smallest absolute Gasteiger partial charge is 0.329 e. The van der Waals surface area contributed by atoms with Crippen LogP contribution < -0.4 is 10.0 Å². The molecule has 1 aromatic carbocycles. The van der Waals surface area contributed by atoms with Crippen molar-refractivity contribution in [3.63, 3.8) is 0 Å². The minimum atomic E-state index is -0.779. The summed E-state index contributed by atoms with van der Waals surface area (Å²) < 4.78 is 17.8. The molecule has 1 aliphatic rings. The van der Waals surface area contributed by atoms with Crippen molar-refractivity contribution < 1.29 is 14.3 Å². The second-order valence-electron chi connectivity index (χ2n) is 8.12. The molecule has 2 aromatic rings. The molecule has 0 bridgehead atoms. The van der Waals surface area contributed by atoms with Crippen LogP contribution >= 0.6 is 23.3 Å². The van der Waals surface area contributed by atoms with Crippen molar-refractivity contribution in [3.8, 4) is 0 Å². The number of aliphatic hydroxyl groups is 1. The Morgan fingerprint density at radius 1 is 1.24 bits per heavy atom. The summed E-state index contributed by atoms with van der Waals surface area (Å²) in [5.74, 6) is -0.239. The SMILES string of the molecule is CC(C)c1ccc(F)c(C(C)C)c1NC(=O)NSc1ncc(C2(O)CCCC2)s1. The van der Waals surface area contributed by atoms with Crippen molar-refractivity contribution in [2.24, 2.45) is 0 Å². The summed E-state index contributed by atoms with van der Waals surface area (Å²) in [7, 11) is 0. The van der Waals surface area contributed by atoms with Crippen LogP contribution in [0.3, 0.4) is 0 Å². The zero-order valence-corrected chi connectivity index (χ0v) is 18.8. The predicted molar refractivity (Wildman–Crippen MR) is 117 cm³/mol. The van der Waals surface area contributed by atoms with Gasteiger partial charge in [0.2, 0.25) is 0 Å². The Balaban J connectivity index is 1.70. The summed E-state index contributed by atoms with van der Waals surface area (Å²) in [5, 5.41) is 13.5. The summed E-state index contributed by atoms with van der Waals surface area (Å²) in [4.78, 5) is 17.7. The quantitative estimate of drug-likeness (QED) is 0.476. The van der Waals surface area contributed by atoms with E-state index in [1.54, 1.807) is 12.3 Å². The molecule has 3 N–H and O–H groups in total. The summed E-state index contributed by atoms with van der Waals surface area (Å²) in [6.07, 6.45) is 5.23. The molecule has 0 radical (unpaired) electrons. The summed E-state index contributed by atoms with van der Waals surface area (Å²) in [6.45, 7) is 7.84. The van der Waals surface area contributed by atoms with E-state index in [2.05, 4.69) is 15.0 Å². The maximum absolute atomic E-state index is 14.4. The minimum absolute atomic E-state index is 0.0645. The molecule has 8 heteroatoms. The molecule has 2 amide bonds. The molecule has 0 spiro atoms. The van der Waals surface area contributed by atoms with Crippen molar-refractivity contribution in [2.75, 3.05) is 5.32 Å². The Labute approximate surface area is 179 Å². The van der Waals surface area contributed by atoms with Crippen LogP contribution in [0.15, 0.2) is 22.7 Å². The number of amides is 2. The third-order valence-corrected chi connectivity index (χ3v) is 7.32. The van der Waals surface area contributed by atoms with Gasteiger partial charge in [-0.1, -0.05) is 46.6 Å². The van der Waals surface area contributed by atoms with Crippen molar-refractivity contribution in [1.29, 1.82) is 0 Å². The van der Waals surface area contributed by atoms with E-state index < -0.39 is 11.6 Å². The number of nitrogens with zero attached hydrogens (tertiary/aromatic N) is 1. The molecule has 0 atom stereocenters. The lowest BCUT2D eigenvalue weighted by molar-refractivity contribution is 0.0481. The van der Waals surface area contributed by atoms with Crippen molar-refractivity contribution in [3.05, 3.63) is 40.2 Å². The number of carbonyl (C=O) groups excluding carboxylic acids is 1. The van der Waals surface area contributed by atoms with Gasteiger partial charge in [-0.25, -0.2) is 14.2 Å². The molecule has 1 heterocycles. The highest BCUT2D eigenvalue weighted by atomic mass is 32.2. The normalized spacial score (nSPS) is 15.9. The molecular formula is C21H28FN3O2S2. The number of rotatable bonds is 6. The zero-order valence-electron chi connectivity index (χ0n) is 17.2. The predicted octanol–water partition coefficient (Wildman–Crippen LogP) is 6.12. The molecule has 29 heavy (non-hydrogen) atoms. The molecule has 3 rings (SSSR count). The Morgan fingerprint density at radius 2 is 1.93 bits per heavy atom. The second kappa shape index (κ2) is 9.02. The third-order valence-electron chi connectivity index (χ3n) is 5.27. The fourth-order valence-corrected chi connectivity index (χ4v) is 5.44. The van der Waals surface area contributed by atoms with Crippen molar-refractivity contribution >= 4 is 35.0 Å². The number of urea groups is 1. The van der Waals surface area contributed by atoms with Crippen LogP contribution in [0, 0.1) is 5.82 Å². The minimum Gasteiger partial charge on any atom is -0.384 e. The van der Waals surface area contributed by atoms with E-state index in [4.69, 9.17) is 0 Å². The lowest BCUT2D eigenvalue weighted by Gasteiger charge is -2.21. The number of hydrogen-bond acceptors (Lipinski definition) is 5. The van der Waals surface area contributed by atoms with Gasteiger partial charge in [-0.05, 0) is 36.3 Å². The van der Waals surface area contributed by atoms with E-state index in [0.717, 1.165) is 48.1 Å². The van der Waals surface area contributed by atoms with E-state index in [1.807, 2.05) is 27.7 Å². The molecule has 1 fully saturated rings. The van der Waals surface area contributed by atoms with Crippen LogP contribution in [0.25, 0.3) is 0 Å². The number of nitrogens with one attached hydrogen (secondary N) is 2. The molecule has 5 nitrogen and oxygen atoms in total. The average molecular weight is 438 g/mol. The molecule has 0 saturated heterocycles. The van der Waals surface area contributed by atoms with Gasteiger partial charge in [0.05, 0.1) is 10.6 Å². The second-order valence-corrected chi connectivity index (χ2v) is 10.2. The van der Waals surface area contributed by atoms with Crippen LogP contribution in [0.4, 0.5) is 14.9 Å². The topological polar surface area (TPSA) is 74.2 Å². The number of aromatic nitrogens is 1. The highest BCUT2D eigenvalue weighted by molar-refractivity contribution is 7.99. The number of hydrogen-bond donors (Lipinski definition) is 3. The Bertz CT molecular complexity index is 877. The zero-order chi connectivity index (χ0) is 21.2. The maximum Gasteiger partial charge on any atom is 0.329 e. The van der Waals surface area contributed by atoms with Crippen LogP contribution in [-0.4, -0.2) is 16.1 Å². The van der Waals surface area contributed by atoms with Crippen LogP contribution in [0.1, 0.15) is 81.2 Å². The highest BCUT2D eigenvalue weighted by Gasteiger charge is 2.35. The van der Waals surface area contributed by atoms with Crippen LogP contribution in [0.2, 0.25) is 0 Å². The first-order chi connectivity index (χ1) is 13.7. The van der Waals surface area contributed by atoms with Gasteiger partial charge in [-0.15, -0.1) is 11.3 Å². The molecule has 0 unspecified atom stereocenters. The first-order valence-electron chi connectivity index (χ1n) is 9.96. The molecule has 1 aliphatic carbocycles. The first kappa shape index (κ1) is 22.1. The fourth-order valence-electron chi connectivity index (χ4n) is 3.75. The Morgan fingerprint density at radius 3 is 2.55 bits per heavy atom. The van der Waals surface area contributed by atoms with Gasteiger partial charge in [0, 0.05) is 23.7 Å². The maximum atomic E-state index is 14.4. The molecular weight excluding hydrogens is 409 g/mol. The monoisotopic (exact) mass is 437 g/mol. The van der Waals surface area contributed by atoms with Crippen LogP contribution in [0.5, 0.6) is 0 Å². The molecule has 0 aliphatic heterocycles. The van der Waals surface area contributed by atoms with Crippen LogP contribution in [-0.2, 0) is 5.60 Å². The third kappa shape index (κ3) is 4.92. The molecule has 1 saturated carbocycles. The molecule has 158 valence electrons. The number of carbonyl (C=O) groups is 1. The van der Waals surface area contributed by atoms with Gasteiger partial charge in [0.1, 0.15) is 11.4 Å². The van der Waals surface area contributed by atoms with Gasteiger partial charge in [-0.2, -0.15) is 0 Å². The number of anilines is 1. The van der Waals surface area contributed by atoms with Gasteiger partial charge in [-0.3, -0.25) is 4.72 Å². The Hall–Kier alpha value is -1.64. The van der Waals surface area contributed by atoms with E-state index in [1.165, 1.54) is 17.4 Å². The summed E-state index contributed by atoms with van der Waals surface area (Å²) in [6, 6.07) is 2.76. The van der Waals surface area contributed by atoms with E-state index in [9.17, 15) is 14.3 Å². The van der Waals surface area contributed by atoms with Gasteiger partial charge >= 0.3 is 6.03 Å². The average Bonchev–Trinajstić information content (AvgIpc) is 3.29. The van der Waals surface area contributed by atoms with Gasteiger partial charge < -0.3 is 10.4 Å². The Kier molecular flexibility index (Phi) is 6.86. The fraction of sp³-hybridized carbons (Fsp3) is 0.524. The lowest BCUT2D eigenvalue weighted by Crippen LogP contribution is -2.25. The van der Waals surface area contributed by atoms with Crippen molar-refractivity contribution in [2.45, 2.75) is 75.2 Å². The largest absolute Gasteiger partial charge is 0.384 e.